The van der Waals surface area contributed by atoms with Gasteiger partial charge in [0.25, 0.3) is 0 Å². The van der Waals surface area contributed by atoms with E-state index in [1.807, 2.05) is 41.5 Å². The van der Waals surface area contributed by atoms with E-state index in [0.717, 1.165) is 0 Å². The van der Waals surface area contributed by atoms with Crippen molar-refractivity contribution in [3.8, 4) is 0 Å². The molecule has 0 aromatic carbocycles. The summed E-state index contributed by atoms with van der Waals surface area (Å²) < 4.78 is 29.8. The molecule has 2 N–H and O–H groups in total. The number of carbonyl (C=O) groups is 3. The van der Waals surface area contributed by atoms with Crippen molar-refractivity contribution in [2.75, 3.05) is 0 Å². The summed E-state index contributed by atoms with van der Waals surface area (Å²) in [6, 6.07) is 0. The number of hydrogen-bond acceptors (Lipinski definition) is 4. The number of halogens is 2. The van der Waals surface area contributed by atoms with Gasteiger partial charge in [0.1, 0.15) is 5.78 Å². The van der Waals surface area contributed by atoms with Gasteiger partial charge in [-0.25, -0.2) is 0 Å². The molecule has 0 aliphatic heterocycles. The zero-order chi connectivity index (χ0) is 29.3. The van der Waals surface area contributed by atoms with Crippen LogP contribution in [0, 0.1) is 52.3 Å². The summed E-state index contributed by atoms with van der Waals surface area (Å²) in [7, 11) is 0. The van der Waals surface area contributed by atoms with Crippen molar-refractivity contribution in [1.82, 2.24) is 0 Å². The van der Waals surface area contributed by atoms with Crippen LogP contribution in [0.3, 0.4) is 0 Å². The Morgan fingerprint density at radius 2 is 1.51 bits per heavy atom. The van der Waals surface area contributed by atoms with Crippen molar-refractivity contribution < 1.29 is 33.4 Å². The van der Waals surface area contributed by atoms with Gasteiger partial charge in [-0.2, -0.15) is 8.78 Å². The number of rotatable bonds is 14. The van der Waals surface area contributed by atoms with Crippen LogP contribution < -0.4 is 0 Å². The maximum atomic E-state index is 14.9. The van der Waals surface area contributed by atoms with Crippen molar-refractivity contribution in [2.24, 2.45) is 52.3 Å². The fourth-order valence-electron chi connectivity index (χ4n) is 6.85. The highest BCUT2D eigenvalue weighted by Gasteiger charge is 2.69. The Morgan fingerprint density at radius 1 is 1.00 bits per heavy atom. The van der Waals surface area contributed by atoms with E-state index in [1.54, 1.807) is 27.7 Å². The number of carboxylic acid groups (broad SMARTS) is 1. The SMILES string of the molecule is CCC(C)CC(F)(F)C(=O)C(C)C[C@@H]1[C@@](C)([C@@H](C)C(C)C(C)CC(C)CC(=O)O)C(=O)C(C)(C)[C@@]1(C)O. The van der Waals surface area contributed by atoms with Crippen molar-refractivity contribution in [1.29, 1.82) is 0 Å². The minimum absolute atomic E-state index is 0.00440. The van der Waals surface area contributed by atoms with Gasteiger partial charge < -0.3 is 10.2 Å². The van der Waals surface area contributed by atoms with Gasteiger partial charge in [-0.05, 0) is 49.4 Å². The minimum atomic E-state index is -3.46. The summed E-state index contributed by atoms with van der Waals surface area (Å²) in [6.45, 7) is 19.8. The monoisotopic (exact) mass is 530 g/mol. The van der Waals surface area contributed by atoms with Crippen LogP contribution in [-0.4, -0.2) is 39.3 Å². The summed E-state index contributed by atoms with van der Waals surface area (Å²) >= 11 is 0. The van der Waals surface area contributed by atoms with E-state index in [2.05, 4.69) is 0 Å². The van der Waals surface area contributed by atoms with E-state index in [-0.39, 0.29) is 48.2 Å². The highest BCUT2D eigenvalue weighted by Crippen LogP contribution is 2.62. The first-order valence-corrected chi connectivity index (χ1v) is 14.0. The predicted octanol–water partition coefficient (Wildman–Crippen LogP) is 7.04. The molecule has 9 atom stereocenters. The molecule has 0 radical (unpaired) electrons. The summed E-state index contributed by atoms with van der Waals surface area (Å²) in [5.41, 5.74) is -3.66. The van der Waals surface area contributed by atoms with Crippen LogP contribution in [0.5, 0.6) is 0 Å². The van der Waals surface area contributed by atoms with Crippen LogP contribution in [0.1, 0.15) is 108 Å². The molecule has 0 heterocycles. The smallest absolute Gasteiger partial charge is 0.305 e. The molecule has 5 unspecified atom stereocenters. The molecule has 0 aromatic heterocycles. The Balaban J connectivity index is 3.35. The number of hydrogen-bond donors (Lipinski definition) is 2. The maximum absolute atomic E-state index is 14.9. The number of ketones is 2. The molecule has 1 aliphatic rings. The third kappa shape index (κ3) is 6.62. The van der Waals surface area contributed by atoms with E-state index in [4.69, 9.17) is 5.11 Å². The van der Waals surface area contributed by atoms with Crippen LogP contribution in [0.15, 0.2) is 0 Å². The molecule has 1 saturated carbocycles. The van der Waals surface area contributed by atoms with Gasteiger partial charge in [-0.3, -0.25) is 14.4 Å². The van der Waals surface area contributed by atoms with Crippen molar-refractivity contribution in [3.05, 3.63) is 0 Å². The largest absolute Gasteiger partial charge is 0.481 e. The van der Waals surface area contributed by atoms with Crippen LogP contribution in [0.4, 0.5) is 8.78 Å². The second-order valence-corrected chi connectivity index (χ2v) is 13.4. The summed E-state index contributed by atoms with van der Waals surface area (Å²) in [5.74, 6) is -7.72. The van der Waals surface area contributed by atoms with Crippen LogP contribution >= 0.6 is 0 Å². The Morgan fingerprint density at radius 3 is 1.97 bits per heavy atom. The van der Waals surface area contributed by atoms with E-state index in [9.17, 15) is 28.3 Å². The van der Waals surface area contributed by atoms with E-state index >= 15 is 0 Å². The third-order valence-electron chi connectivity index (χ3n) is 10.4. The zero-order valence-corrected chi connectivity index (χ0v) is 25.0. The summed E-state index contributed by atoms with van der Waals surface area (Å²) in [5, 5.41) is 20.9. The quantitative estimate of drug-likeness (QED) is 0.251. The lowest BCUT2D eigenvalue weighted by molar-refractivity contribution is -0.152. The standard InChI is InChI=1S/C30H52F2O5/c1-12-17(2)16-30(31,32)25(35)20(5)15-23-28(10,26(36)27(8,9)29(23,11)37)22(7)21(6)19(4)13-18(3)14-24(33)34/h17-23,37H,12-16H2,1-11H3,(H,33,34)/t17?,18?,19?,20?,21?,22-,23+,28+,29-/m0/s1. The van der Waals surface area contributed by atoms with Crippen molar-refractivity contribution in [2.45, 2.75) is 120 Å². The number of aliphatic hydroxyl groups is 1. The molecule has 216 valence electrons. The molecule has 0 spiro atoms. The first-order valence-electron chi connectivity index (χ1n) is 14.0. The topological polar surface area (TPSA) is 91.7 Å². The van der Waals surface area contributed by atoms with Crippen LogP contribution in [-0.2, 0) is 14.4 Å². The molecule has 0 saturated heterocycles. The average Bonchev–Trinajstić information content (AvgIpc) is 2.87. The lowest BCUT2D eigenvalue weighted by Crippen LogP contribution is -2.47. The fourth-order valence-corrected chi connectivity index (χ4v) is 6.85. The number of carbonyl (C=O) groups excluding carboxylic acids is 2. The lowest BCUT2D eigenvalue weighted by atomic mass is 9.59. The molecule has 7 heteroatoms. The number of Topliss-reactive ketones (excluding diaryl/α,β-unsaturated/α-hetero) is 2. The molecule has 1 rings (SSSR count). The first kappa shape index (κ1) is 33.7. The molecule has 1 fully saturated rings. The highest BCUT2D eigenvalue weighted by atomic mass is 19.3. The van der Waals surface area contributed by atoms with Crippen LogP contribution in [0.2, 0.25) is 0 Å². The minimum Gasteiger partial charge on any atom is -0.481 e. The first-order chi connectivity index (χ1) is 16.6. The van der Waals surface area contributed by atoms with Crippen LogP contribution in [0.25, 0.3) is 0 Å². The van der Waals surface area contributed by atoms with Gasteiger partial charge >= 0.3 is 11.9 Å². The number of carboxylic acids is 1. The molecule has 5 nitrogen and oxygen atoms in total. The van der Waals surface area contributed by atoms with Crippen molar-refractivity contribution >= 4 is 17.5 Å². The van der Waals surface area contributed by atoms with Gasteiger partial charge in [0.2, 0.25) is 5.78 Å². The van der Waals surface area contributed by atoms with E-state index in [1.165, 1.54) is 6.92 Å². The van der Waals surface area contributed by atoms with Gasteiger partial charge in [-0.1, -0.05) is 75.7 Å². The molecule has 37 heavy (non-hydrogen) atoms. The summed E-state index contributed by atoms with van der Waals surface area (Å²) in [4.78, 5) is 38.0. The molecular formula is C30H52F2O5. The lowest BCUT2D eigenvalue weighted by Gasteiger charge is -2.44. The molecule has 0 bridgehead atoms. The summed E-state index contributed by atoms with van der Waals surface area (Å²) in [6.07, 6.45) is 0.775. The maximum Gasteiger partial charge on any atom is 0.305 e. The highest BCUT2D eigenvalue weighted by molar-refractivity contribution is 5.94. The Labute approximate surface area is 223 Å². The third-order valence-corrected chi connectivity index (χ3v) is 10.4. The zero-order valence-electron chi connectivity index (χ0n) is 25.0. The van der Waals surface area contributed by atoms with Gasteiger partial charge in [-0.15, -0.1) is 0 Å². The van der Waals surface area contributed by atoms with Gasteiger partial charge in [0, 0.05) is 30.1 Å². The molecular weight excluding hydrogens is 478 g/mol. The second-order valence-electron chi connectivity index (χ2n) is 13.4. The second kappa shape index (κ2) is 11.8. The van der Waals surface area contributed by atoms with Gasteiger partial charge in [0.05, 0.1) is 11.0 Å². The van der Waals surface area contributed by atoms with Crippen molar-refractivity contribution in [3.63, 3.8) is 0 Å². The normalized spacial score (nSPS) is 30.9. The predicted molar refractivity (Wildman–Crippen MR) is 142 cm³/mol. The van der Waals surface area contributed by atoms with Gasteiger partial charge in [0.15, 0.2) is 0 Å². The molecule has 0 amide bonds. The number of aliphatic carboxylic acids is 1. The Kier molecular flexibility index (Phi) is 10.7. The Hall–Kier alpha value is -1.37. The van der Waals surface area contributed by atoms with E-state index in [0.29, 0.717) is 12.8 Å². The molecule has 1 aliphatic carbocycles. The average molecular weight is 531 g/mol. The Bertz CT molecular complexity index is 836. The molecule has 0 aromatic rings. The number of alkyl halides is 2. The fraction of sp³-hybridized carbons (Fsp3) is 0.900. The van der Waals surface area contributed by atoms with E-state index < -0.39 is 52.4 Å².